The van der Waals surface area contributed by atoms with Gasteiger partial charge in [0, 0.05) is 30.9 Å². The monoisotopic (exact) mass is 261 g/mol. The summed E-state index contributed by atoms with van der Waals surface area (Å²) in [4.78, 5) is 12.1. The second kappa shape index (κ2) is 7.14. The maximum atomic E-state index is 12.1. The van der Waals surface area contributed by atoms with Gasteiger partial charge < -0.3 is 5.32 Å². The van der Waals surface area contributed by atoms with Crippen molar-refractivity contribution in [2.75, 3.05) is 25.0 Å². The van der Waals surface area contributed by atoms with Crippen molar-refractivity contribution in [2.45, 2.75) is 32.6 Å². The van der Waals surface area contributed by atoms with Gasteiger partial charge in [-0.1, -0.05) is 13.3 Å². The van der Waals surface area contributed by atoms with E-state index < -0.39 is 0 Å². The molecule has 0 atom stereocenters. The number of nitrogens with zero attached hydrogens (tertiary/aromatic N) is 1. The van der Waals surface area contributed by atoms with E-state index in [1.807, 2.05) is 29.3 Å². The summed E-state index contributed by atoms with van der Waals surface area (Å²) in [5.41, 5.74) is 4.75. The molecule has 4 heteroatoms. The Morgan fingerprint density at radius 1 is 1.16 bits per heavy atom. The van der Waals surface area contributed by atoms with Gasteiger partial charge in [0.15, 0.2) is 0 Å². The standard InChI is InChI=1S/C15H23N3O/c1-2-10-16-14-8-6-13(7-9-14)15(19)17-18-11-4-3-5-12-18/h6-9,16H,2-5,10-12H2,1H3,(H,17,19). The van der Waals surface area contributed by atoms with Crippen LogP contribution in [0.15, 0.2) is 24.3 Å². The lowest BCUT2D eigenvalue weighted by Gasteiger charge is -2.26. The molecule has 1 aliphatic rings. The number of amides is 1. The van der Waals surface area contributed by atoms with Crippen LogP contribution in [0.3, 0.4) is 0 Å². The summed E-state index contributed by atoms with van der Waals surface area (Å²) in [6.07, 6.45) is 4.70. The summed E-state index contributed by atoms with van der Waals surface area (Å²) in [5.74, 6) is -0.0102. The summed E-state index contributed by atoms with van der Waals surface area (Å²) in [6.45, 7) is 5.01. The smallest absolute Gasteiger partial charge is 0.265 e. The van der Waals surface area contributed by atoms with Gasteiger partial charge in [-0.2, -0.15) is 0 Å². The third-order valence-electron chi connectivity index (χ3n) is 3.34. The molecule has 1 saturated heterocycles. The molecule has 1 fully saturated rings. The van der Waals surface area contributed by atoms with Gasteiger partial charge in [0.2, 0.25) is 0 Å². The number of carbonyl (C=O) groups is 1. The van der Waals surface area contributed by atoms with E-state index in [1.54, 1.807) is 0 Å². The molecular weight excluding hydrogens is 238 g/mol. The van der Waals surface area contributed by atoms with E-state index in [1.165, 1.54) is 19.3 Å². The highest BCUT2D eigenvalue weighted by atomic mass is 16.2. The largest absolute Gasteiger partial charge is 0.385 e. The number of hydrogen-bond acceptors (Lipinski definition) is 3. The van der Waals surface area contributed by atoms with Crippen LogP contribution in [0, 0.1) is 0 Å². The topological polar surface area (TPSA) is 44.4 Å². The molecule has 1 aliphatic heterocycles. The fourth-order valence-electron chi connectivity index (χ4n) is 2.22. The Morgan fingerprint density at radius 2 is 1.84 bits per heavy atom. The minimum absolute atomic E-state index is 0.0102. The first-order valence-electron chi connectivity index (χ1n) is 7.19. The zero-order chi connectivity index (χ0) is 13.5. The van der Waals surface area contributed by atoms with Crippen LogP contribution in [0.1, 0.15) is 43.0 Å². The molecule has 0 bridgehead atoms. The average molecular weight is 261 g/mol. The first-order chi connectivity index (χ1) is 9.29. The van der Waals surface area contributed by atoms with Gasteiger partial charge in [0.1, 0.15) is 0 Å². The Kier molecular flexibility index (Phi) is 5.21. The zero-order valence-electron chi connectivity index (χ0n) is 11.6. The zero-order valence-corrected chi connectivity index (χ0v) is 11.6. The number of rotatable bonds is 5. The Balaban J connectivity index is 1.87. The molecule has 1 aromatic rings. The Labute approximate surface area is 115 Å². The van der Waals surface area contributed by atoms with Crippen molar-refractivity contribution in [1.29, 1.82) is 0 Å². The number of piperidine rings is 1. The maximum Gasteiger partial charge on any atom is 0.265 e. The molecule has 0 radical (unpaired) electrons. The second-order valence-corrected chi connectivity index (χ2v) is 4.99. The number of hydrazine groups is 1. The molecule has 4 nitrogen and oxygen atoms in total. The van der Waals surface area contributed by atoms with Gasteiger partial charge in [-0.25, -0.2) is 5.01 Å². The van der Waals surface area contributed by atoms with Crippen LogP contribution in [0.4, 0.5) is 5.69 Å². The van der Waals surface area contributed by atoms with Gasteiger partial charge in [-0.15, -0.1) is 0 Å². The lowest BCUT2D eigenvalue weighted by atomic mass is 10.1. The predicted octanol–water partition coefficient (Wildman–Crippen LogP) is 2.64. The summed E-state index contributed by atoms with van der Waals surface area (Å²) < 4.78 is 0. The minimum atomic E-state index is -0.0102. The van der Waals surface area contributed by atoms with E-state index >= 15 is 0 Å². The van der Waals surface area contributed by atoms with Crippen molar-refractivity contribution in [2.24, 2.45) is 0 Å². The van der Waals surface area contributed by atoms with Crippen LogP contribution in [0.5, 0.6) is 0 Å². The molecule has 0 unspecified atom stereocenters. The molecule has 0 saturated carbocycles. The third kappa shape index (κ3) is 4.24. The molecule has 1 amide bonds. The van der Waals surface area contributed by atoms with Crippen LogP contribution in [-0.4, -0.2) is 30.6 Å². The van der Waals surface area contributed by atoms with Crippen LogP contribution >= 0.6 is 0 Å². The lowest BCUT2D eigenvalue weighted by Crippen LogP contribution is -2.45. The molecule has 0 aliphatic carbocycles. The average Bonchev–Trinajstić information content (AvgIpc) is 2.46. The third-order valence-corrected chi connectivity index (χ3v) is 3.34. The first-order valence-corrected chi connectivity index (χ1v) is 7.19. The Morgan fingerprint density at radius 3 is 2.47 bits per heavy atom. The number of benzene rings is 1. The number of carbonyl (C=O) groups excluding carboxylic acids is 1. The molecule has 19 heavy (non-hydrogen) atoms. The first kappa shape index (κ1) is 13.9. The fraction of sp³-hybridized carbons (Fsp3) is 0.533. The second-order valence-electron chi connectivity index (χ2n) is 4.99. The molecule has 1 heterocycles. The van der Waals surface area contributed by atoms with Gasteiger partial charge in [0.25, 0.3) is 5.91 Å². The van der Waals surface area contributed by atoms with Crippen LogP contribution in [0.2, 0.25) is 0 Å². The SMILES string of the molecule is CCCNc1ccc(C(=O)NN2CCCCC2)cc1. The summed E-state index contributed by atoms with van der Waals surface area (Å²) in [5, 5.41) is 5.32. The molecule has 2 N–H and O–H groups in total. The molecule has 0 spiro atoms. The van der Waals surface area contributed by atoms with Crippen LogP contribution < -0.4 is 10.7 Å². The normalized spacial score (nSPS) is 16.1. The van der Waals surface area contributed by atoms with Crippen molar-refractivity contribution >= 4 is 11.6 Å². The fourth-order valence-corrected chi connectivity index (χ4v) is 2.22. The molecule has 104 valence electrons. The van der Waals surface area contributed by atoms with Gasteiger partial charge in [0.05, 0.1) is 0 Å². The van der Waals surface area contributed by atoms with E-state index in [4.69, 9.17) is 0 Å². The van der Waals surface area contributed by atoms with E-state index in [0.717, 1.165) is 31.7 Å². The summed E-state index contributed by atoms with van der Waals surface area (Å²) in [6, 6.07) is 7.66. The predicted molar refractivity (Wildman–Crippen MR) is 78.1 cm³/mol. The maximum absolute atomic E-state index is 12.1. The molecule has 0 aromatic heterocycles. The highest BCUT2D eigenvalue weighted by Gasteiger charge is 2.13. The van der Waals surface area contributed by atoms with E-state index in [0.29, 0.717) is 5.56 Å². The summed E-state index contributed by atoms with van der Waals surface area (Å²) in [7, 11) is 0. The molecule has 1 aromatic carbocycles. The van der Waals surface area contributed by atoms with Crippen molar-refractivity contribution in [3.8, 4) is 0 Å². The van der Waals surface area contributed by atoms with Gasteiger partial charge in [-0.3, -0.25) is 10.2 Å². The lowest BCUT2D eigenvalue weighted by molar-refractivity contribution is 0.0750. The van der Waals surface area contributed by atoms with Crippen molar-refractivity contribution in [1.82, 2.24) is 10.4 Å². The minimum Gasteiger partial charge on any atom is -0.385 e. The number of anilines is 1. The quantitative estimate of drug-likeness (QED) is 0.856. The number of nitrogens with one attached hydrogen (secondary N) is 2. The van der Waals surface area contributed by atoms with E-state index in [-0.39, 0.29) is 5.91 Å². The van der Waals surface area contributed by atoms with E-state index in [2.05, 4.69) is 17.7 Å². The number of hydrogen-bond donors (Lipinski definition) is 2. The highest BCUT2D eigenvalue weighted by Crippen LogP contribution is 2.11. The Hall–Kier alpha value is -1.55. The van der Waals surface area contributed by atoms with Crippen molar-refractivity contribution < 1.29 is 4.79 Å². The molecular formula is C15H23N3O. The highest BCUT2D eigenvalue weighted by molar-refractivity contribution is 5.94. The molecule has 2 rings (SSSR count). The summed E-state index contributed by atoms with van der Waals surface area (Å²) >= 11 is 0. The Bertz CT molecular complexity index is 396. The van der Waals surface area contributed by atoms with Crippen LogP contribution in [0.25, 0.3) is 0 Å². The van der Waals surface area contributed by atoms with Crippen molar-refractivity contribution in [3.63, 3.8) is 0 Å². The van der Waals surface area contributed by atoms with Gasteiger partial charge in [-0.05, 0) is 43.5 Å². The van der Waals surface area contributed by atoms with Crippen LogP contribution in [-0.2, 0) is 0 Å². The van der Waals surface area contributed by atoms with Gasteiger partial charge >= 0.3 is 0 Å². The van der Waals surface area contributed by atoms with Crippen molar-refractivity contribution in [3.05, 3.63) is 29.8 Å². The van der Waals surface area contributed by atoms with E-state index in [9.17, 15) is 4.79 Å².